The zero-order valence-corrected chi connectivity index (χ0v) is 12.3. The quantitative estimate of drug-likeness (QED) is 0.731. The average Bonchev–Trinajstić information content (AvgIpc) is 3.06. The van der Waals surface area contributed by atoms with Crippen LogP contribution in [-0.2, 0) is 13.2 Å². The second kappa shape index (κ2) is 6.71. The van der Waals surface area contributed by atoms with Crippen LogP contribution >= 0.6 is 0 Å². The molecule has 0 radical (unpaired) electrons. The molecule has 1 heterocycles. The largest absolute Gasteiger partial charge is 0.489 e. The first kappa shape index (κ1) is 14.1. The summed E-state index contributed by atoms with van der Waals surface area (Å²) in [6.07, 6.45) is 0. The lowest BCUT2D eigenvalue weighted by Gasteiger charge is -2.10. The number of H-pyrrole nitrogens is 1. The Kier molecular flexibility index (Phi) is 4.29. The molecular weight excluding hydrogens is 278 g/mol. The molecule has 0 saturated carbocycles. The van der Waals surface area contributed by atoms with Gasteiger partial charge in [-0.1, -0.05) is 41.5 Å². The molecule has 3 aromatic rings. The Morgan fingerprint density at radius 2 is 2.05 bits per heavy atom. The zero-order chi connectivity index (χ0) is 15.2. The van der Waals surface area contributed by atoms with Gasteiger partial charge < -0.3 is 10.1 Å². The van der Waals surface area contributed by atoms with Crippen LogP contribution in [0.4, 0.5) is 5.95 Å². The minimum Gasteiger partial charge on any atom is -0.489 e. The first-order valence-electron chi connectivity index (χ1n) is 7.05. The third-order valence-electron chi connectivity index (χ3n) is 3.35. The fourth-order valence-electron chi connectivity index (χ4n) is 2.10. The number of benzene rings is 2. The number of aromatic nitrogens is 4. The van der Waals surface area contributed by atoms with Crippen molar-refractivity contribution in [2.75, 3.05) is 5.32 Å². The number of ether oxygens (including phenoxy) is 1. The van der Waals surface area contributed by atoms with E-state index in [0.717, 1.165) is 11.3 Å². The fourth-order valence-corrected chi connectivity index (χ4v) is 2.10. The van der Waals surface area contributed by atoms with Crippen molar-refractivity contribution in [3.05, 3.63) is 65.2 Å². The maximum Gasteiger partial charge on any atom is 0.263 e. The number of tetrazole rings is 1. The van der Waals surface area contributed by atoms with E-state index in [4.69, 9.17) is 4.74 Å². The van der Waals surface area contributed by atoms with Crippen LogP contribution < -0.4 is 10.1 Å². The van der Waals surface area contributed by atoms with Crippen molar-refractivity contribution in [2.24, 2.45) is 0 Å². The smallest absolute Gasteiger partial charge is 0.263 e. The molecule has 0 atom stereocenters. The number of nitrogens with zero attached hydrogens (tertiary/aromatic N) is 3. The lowest BCUT2D eigenvalue weighted by Crippen LogP contribution is -2.02. The van der Waals surface area contributed by atoms with Crippen LogP contribution in [0.25, 0.3) is 0 Å². The Hall–Kier alpha value is -2.89. The van der Waals surface area contributed by atoms with Crippen LogP contribution in [0.1, 0.15) is 16.7 Å². The summed E-state index contributed by atoms with van der Waals surface area (Å²) in [6.45, 7) is 3.26. The molecule has 2 N–H and O–H groups in total. The highest BCUT2D eigenvalue weighted by atomic mass is 16.5. The first-order chi connectivity index (χ1) is 10.8. The molecule has 0 aliphatic rings. The summed E-state index contributed by atoms with van der Waals surface area (Å²) in [5.74, 6) is 1.32. The normalized spacial score (nSPS) is 10.4. The van der Waals surface area contributed by atoms with E-state index in [9.17, 15) is 0 Å². The van der Waals surface area contributed by atoms with Gasteiger partial charge in [0.25, 0.3) is 5.95 Å². The number of rotatable bonds is 6. The van der Waals surface area contributed by atoms with E-state index in [1.807, 2.05) is 36.4 Å². The second-order valence-corrected chi connectivity index (χ2v) is 4.95. The van der Waals surface area contributed by atoms with E-state index < -0.39 is 0 Å². The molecule has 1 aromatic heterocycles. The molecule has 0 aliphatic carbocycles. The maximum atomic E-state index is 5.87. The Bertz CT molecular complexity index is 727. The van der Waals surface area contributed by atoms with Gasteiger partial charge in [0.05, 0.1) is 0 Å². The fraction of sp³-hybridized carbons (Fsp3) is 0.188. The SMILES string of the molecule is Cc1ccccc1COc1cccc(CNc2nn[nH]n2)c1. The molecule has 0 unspecified atom stereocenters. The predicted molar refractivity (Wildman–Crippen MR) is 83.5 cm³/mol. The Morgan fingerprint density at radius 1 is 1.14 bits per heavy atom. The van der Waals surface area contributed by atoms with Gasteiger partial charge in [0, 0.05) is 6.54 Å². The number of nitrogens with one attached hydrogen (secondary N) is 2. The highest BCUT2D eigenvalue weighted by Crippen LogP contribution is 2.17. The predicted octanol–water partition coefficient (Wildman–Crippen LogP) is 2.70. The molecule has 0 saturated heterocycles. The van der Waals surface area contributed by atoms with Gasteiger partial charge in [-0.2, -0.15) is 5.21 Å². The highest BCUT2D eigenvalue weighted by Gasteiger charge is 2.02. The van der Waals surface area contributed by atoms with E-state index >= 15 is 0 Å². The molecule has 0 spiro atoms. The van der Waals surface area contributed by atoms with Gasteiger partial charge in [0.15, 0.2) is 0 Å². The van der Waals surface area contributed by atoms with Crippen LogP contribution in [0.5, 0.6) is 5.75 Å². The standard InChI is InChI=1S/C16H17N5O/c1-12-5-2-3-7-14(12)11-22-15-8-4-6-13(9-15)10-17-16-18-20-21-19-16/h2-9H,10-11H2,1H3,(H2,17,18,19,20,21). The van der Waals surface area contributed by atoms with Crippen molar-refractivity contribution < 1.29 is 4.74 Å². The molecule has 112 valence electrons. The summed E-state index contributed by atoms with van der Waals surface area (Å²) >= 11 is 0. The van der Waals surface area contributed by atoms with Gasteiger partial charge >= 0.3 is 0 Å². The van der Waals surface area contributed by atoms with E-state index in [2.05, 4.69) is 45.0 Å². The number of hydrogen-bond acceptors (Lipinski definition) is 5. The van der Waals surface area contributed by atoms with Crippen LogP contribution in [0.2, 0.25) is 0 Å². The van der Waals surface area contributed by atoms with Crippen LogP contribution in [0.15, 0.2) is 48.5 Å². The molecule has 2 aromatic carbocycles. The zero-order valence-electron chi connectivity index (χ0n) is 12.3. The molecule has 0 bridgehead atoms. The minimum atomic E-state index is 0.478. The molecule has 0 aliphatic heterocycles. The summed E-state index contributed by atoms with van der Waals surface area (Å²) in [7, 11) is 0. The third kappa shape index (κ3) is 3.60. The summed E-state index contributed by atoms with van der Waals surface area (Å²) in [5, 5.41) is 16.7. The van der Waals surface area contributed by atoms with Gasteiger partial charge in [-0.15, -0.1) is 5.10 Å². The summed E-state index contributed by atoms with van der Waals surface area (Å²) in [5.41, 5.74) is 3.52. The van der Waals surface area contributed by atoms with Crippen LogP contribution in [0, 0.1) is 6.92 Å². The Morgan fingerprint density at radius 3 is 2.86 bits per heavy atom. The molecule has 6 nitrogen and oxygen atoms in total. The first-order valence-corrected chi connectivity index (χ1v) is 7.05. The van der Waals surface area contributed by atoms with Crippen molar-refractivity contribution in [3.8, 4) is 5.75 Å². The minimum absolute atomic E-state index is 0.478. The molecule has 22 heavy (non-hydrogen) atoms. The van der Waals surface area contributed by atoms with Crippen molar-refractivity contribution in [3.63, 3.8) is 0 Å². The number of anilines is 1. The lowest BCUT2D eigenvalue weighted by atomic mass is 10.1. The molecule has 0 fully saturated rings. The van der Waals surface area contributed by atoms with Gasteiger partial charge in [-0.3, -0.25) is 0 Å². The number of aromatic amines is 1. The summed E-state index contributed by atoms with van der Waals surface area (Å²) in [6, 6.07) is 16.2. The molecular formula is C16H17N5O. The second-order valence-electron chi connectivity index (χ2n) is 4.95. The lowest BCUT2D eigenvalue weighted by molar-refractivity contribution is 0.305. The summed E-state index contributed by atoms with van der Waals surface area (Å²) < 4.78 is 5.87. The maximum absolute atomic E-state index is 5.87. The van der Waals surface area contributed by atoms with E-state index in [-0.39, 0.29) is 0 Å². The Balaban J connectivity index is 1.60. The van der Waals surface area contributed by atoms with Crippen LogP contribution in [-0.4, -0.2) is 20.6 Å². The average molecular weight is 295 g/mol. The molecule has 0 amide bonds. The third-order valence-corrected chi connectivity index (χ3v) is 3.35. The summed E-state index contributed by atoms with van der Waals surface area (Å²) in [4.78, 5) is 0. The van der Waals surface area contributed by atoms with Crippen molar-refractivity contribution in [1.82, 2.24) is 20.6 Å². The topological polar surface area (TPSA) is 75.7 Å². The van der Waals surface area contributed by atoms with Gasteiger partial charge in [0.1, 0.15) is 12.4 Å². The van der Waals surface area contributed by atoms with Gasteiger partial charge in [0.2, 0.25) is 0 Å². The van der Waals surface area contributed by atoms with Crippen molar-refractivity contribution in [2.45, 2.75) is 20.1 Å². The number of aryl methyl sites for hydroxylation is 1. The highest BCUT2D eigenvalue weighted by molar-refractivity contribution is 5.32. The Labute approximate surface area is 128 Å². The number of hydrogen-bond donors (Lipinski definition) is 2. The molecule has 3 rings (SSSR count). The van der Waals surface area contributed by atoms with E-state index in [0.29, 0.717) is 19.1 Å². The van der Waals surface area contributed by atoms with Crippen molar-refractivity contribution >= 4 is 5.95 Å². The molecule has 6 heteroatoms. The van der Waals surface area contributed by atoms with Gasteiger partial charge in [-0.05, 0) is 41.0 Å². The van der Waals surface area contributed by atoms with E-state index in [1.165, 1.54) is 11.1 Å². The monoisotopic (exact) mass is 295 g/mol. The van der Waals surface area contributed by atoms with E-state index in [1.54, 1.807) is 0 Å². The van der Waals surface area contributed by atoms with Crippen LogP contribution in [0.3, 0.4) is 0 Å². The van der Waals surface area contributed by atoms with Gasteiger partial charge in [-0.25, -0.2) is 0 Å². The van der Waals surface area contributed by atoms with Crippen molar-refractivity contribution in [1.29, 1.82) is 0 Å².